The van der Waals surface area contributed by atoms with Crippen molar-refractivity contribution in [1.82, 2.24) is 0 Å². The first-order valence-electron chi connectivity index (χ1n) is 4.39. The van der Waals surface area contributed by atoms with Crippen LogP contribution >= 0.6 is 11.6 Å². The van der Waals surface area contributed by atoms with E-state index in [2.05, 4.69) is 0 Å². The second-order valence-corrected chi connectivity index (χ2v) is 3.97. The zero-order valence-corrected chi connectivity index (χ0v) is 7.89. The van der Waals surface area contributed by atoms with Crippen molar-refractivity contribution in [2.75, 3.05) is 0 Å². The van der Waals surface area contributed by atoms with Crippen LogP contribution in [0.25, 0.3) is 0 Å². The van der Waals surface area contributed by atoms with E-state index >= 15 is 0 Å². The fourth-order valence-corrected chi connectivity index (χ4v) is 1.64. The highest BCUT2D eigenvalue weighted by Crippen LogP contribution is 2.40. The summed E-state index contributed by atoms with van der Waals surface area (Å²) < 4.78 is 13.3. The maximum atomic E-state index is 13.3. The van der Waals surface area contributed by atoms with Gasteiger partial charge in [-0.2, -0.15) is 0 Å². The van der Waals surface area contributed by atoms with Crippen molar-refractivity contribution < 1.29 is 4.39 Å². The molecule has 2 rings (SSSR count). The minimum Gasteiger partial charge on any atom is -0.324 e. The number of rotatable bonds is 2. The van der Waals surface area contributed by atoms with E-state index in [1.54, 1.807) is 12.1 Å². The van der Waals surface area contributed by atoms with Gasteiger partial charge in [0.1, 0.15) is 5.82 Å². The third-order valence-electron chi connectivity index (χ3n) is 2.45. The number of benzene rings is 1. The maximum Gasteiger partial charge on any atom is 0.129 e. The van der Waals surface area contributed by atoms with Crippen molar-refractivity contribution >= 4 is 11.6 Å². The van der Waals surface area contributed by atoms with E-state index < -0.39 is 0 Å². The molecule has 0 aromatic heterocycles. The number of hydrogen-bond acceptors (Lipinski definition) is 1. The molecule has 0 unspecified atom stereocenters. The van der Waals surface area contributed by atoms with Gasteiger partial charge in [0.25, 0.3) is 0 Å². The monoisotopic (exact) mass is 199 g/mol. The minimum absolute atomic E-state index is 0.155. The van der Waals surface area contributed by atoms with Crippen LogP contribution in [-0.2, 0) is 0 Å². The van der Waals surface area contributed by atoms with E-state index in [0.29, 0.717) is 16.5 Å². The summed E-state index contributed by atoms with van der Waals surface area (Å²) in [4.78, 5) is 0. The van der Waals surface area contributed by atoms with Gasteiger partial charge in [0, 0.05) is 16.6 Å². The number of nitrogens with two attached hydrogens (primary N) is 1. The van der Waals surface area contributed by atoms with Crippen LogP contribution in [-0.4, -0.2) is 0 Å². The first kappa shape index (κ1) is 8.97. The van der Waals surface area contributed by atoms with Gasteiger partial charge in [-0.1, -0.05) is 17.7 Å². The van der Waals surface area contributed by atoms with E-state index in [9.17, 15) is 4.39 Å². The lowest BCUT2D eigenvalue weighted by molar-refractivity contribution is 0.554. The van der Waals surface area contributed by atoms with Crippen molar-refractivity contribution in [3.63, 3.8) is 0 Å². The normalized spacial score (nSPS) is 18.7. The Balaban J connectivity index is 2.28. The summed E-state index contributed by atoms with van der Waals surface area (Å²) in [7, 11) is 0. The predicted octanol–water partition coefficient (Wildman–Crippen LogP) is 2.89. The quantitative estimate of drug-likeness (QED) is 0.779. The third-order valence-corrected chi connectivity index (χ3v) is 2.69. The van der Waals surface area contributed by atoms with E-state index in [1.807, 2.05) is 0 Å². The van der Waals surface area contributed by atoms with Crippen molar-refractivity contribution in [2.45, 2.75) is 18.9 Å². The summed E-state index contributed by atoms with van der Waals surface area (Å²) in [5.74, 6) is 0.183. The van der Waals surface area contributed by atoms with Gasteiger partial charge in [0.05, 0.1) is 0 Å². The summed E-state index contributed by atoms with van der Waals surface area (Å²) in [6.07, 6.45) is 2.23. The molecular formula is C10H11ClFN. The minimum atomic E-state index is -0.285. The molecule has 0 saturated heterocycles. The zero-order valence-electron chi connectivity index (χ0n) is 7.13. The summed E-state index contributed by atoms with van der Waals surface area (Å²) in [6, 6.07) is 4.53. The van der Waals surface area contributed by atoms with Crippen LogP contribution < -0.4 is 5.73 Å². The van der Waals surface area contributed by atoms with Crippen molar-refractivity contribution in [3.05, 3.63) is 34.6 Å². The first-order valence-corrected chi connectivity index (χ1v) is 4.77. The van der Waals surface area contributed by atoms with Gasteiger partial charge in [-0.3, -0.25) is 0 Å². The molecule has 1 aromatic carbocycles. The Morgan fingerprint density at radius 2 is 2.15 bits per heavy atom. The molecule has 1 aliphatic rings. The Hall–Kier alpha value is -0.600. The van der Waals surface area contributed by atoms with Gasteiger partial charge in [-0.15, -0.1) is 0 Å². The Morgan fingerprint density at radius 3 is 2.69 bits per heavy atom. The molecule has 1 fully saturated rings. The molecule has 1 aliphatic carbocycles. The smallest absolute Gasteiger partial charge is 0.129 e. The van der Waals surface area contributed by atoms with Crippen LogP contribution in [0.1, 0.15) is 24.4 Å². The van der Waals surface area contributed by atoms with Gasteiger partial charge in [0.15, 0.2) is 0 Å². The van der Waals surface area contributed by atoms with Crippen LogP contribution in [0.15, 0.2) is 18.2 Å². The molecule has 0 bridgehead atoms. The van der Waals surface area contributed by atoms with Gasteiger partial charge in [-0.25, -0.2) is 4.39 Å². The molecule has 0 aliphatic heterocycles. The highest BCUT2D eigenvalue weighted by Gasteiger charge is 2.30. The topological polar surface area (TPSA) is 26.0 Å². The van der Waals surface area contributed by atoms with E-state index in [4.69, 9.17) is 17.3 Å². The highest BCUT2D eigenvalue weighted by molar-refractivity contribution is 6.30. The van der Waals surface area contributed by atoms with Crippen LogP contribution in [0.2, 0.25) is 5.02 Å². The standard InChI is InChI=1S/C10H11ClFN/c11-7-3-4-8(9(12)5-7)10(13)6-1-2-6/h3-6,10H,1-2,13H2/t10-/m1/s1. The molecule has 3 heteroatoms. The summed E-state index contributed by atoms with van der Waals surface area (Å²) >= 11 is 5.64. The van der Waals surface area contributed by atoms with Crippen LogP contribution in [0, 0.1) is 11.7 Å². The number of hydrogen-bond donors (Lipinski definition) is 1. The summed E-state index contributed by atoms with van der Waals surface area (Å²) in [5.41, 5.74) is 6.46. The fourth-order valence-electron chi connectivity index (χ4n) is 1.48. The Morgan fingerprint density at radius 1 is 1.46 bits per heavy atom. The van der Waals surface area contributed by atoms with E-state index in [1.165, 1.54) is 6.07 Å². The van der Waals surface area contributed by atoms with Crippen molar-refractivity contribution in [3.8, 4) is 0 Å². The Kier molecular flexibility index (Phi) is 2.26. The first-order chi connectivity index (χ1) is 6.18. The third kappa shape index (κ3) is 1.84. The second kappa shape index (κ2) is 3.28. The number of halogens is 2. The van der Waals surface area contributed by atoms with Gasteiger partial charge in [0.2, 0.25) is 0 Å². The molecule has 0 radical (unpaired) electrons. The fraction of sp³-hybridized carbons (Fsp3) is 0.400. The molecule has 70 valence electrons. The maximum absolute atomic E-state index is 13.3. The summed E-state index contributed by atoms with van der Waals surface area (Å²) in [6.45, 7) is 0. The van der Waals surface area contributed by atoms with E-state index in [-0.39, 0.29) is 11.9 Å². The second-order valence-electron chi connectivity index (χ2n) is 3.53. The van der Waals surface area contributed by atoms with Crippen LogP contribution in [0.5, 0.6) is 0 Å². The Bertz CT molecular complexity index is 323. The van der Waals surface area contributed by atoms with Gasteiger partial charge in [-0.05, 0) is 30.9 Å². The predicted molar refractivity (Wildman–Crippen MR) is 51.1 cm³/mol. The molecule has 1 aromatic rings. The highest BCUT2D eigenvalue weighted by atomic mass is 35.5. The SMILES string of the molecule is N[C@@H](c1ccc(Cl)cc1F)C1CC1. The molecule has 1 saturated carbocycles. The molecular weight excluding hydrogens is 189 g/mol. The average molecular weight is 200 g/mol. The van der Waals surface area contributed by atoms with Crippen LogP contribution in [0.4, 0.5) is 4.39 Å². The molecule has 2 N–H and O–H groups in total. The molecule has 1 nitrogen and oxygen atoms in total. The molecule has 13 heavy (non-hydrogen) atoms. The summed E-state index contributed by atoms with van der Waals surface area (Å²) in [5, 5.41) is 0.421. The van der Waals surface area contributed by atoms with E-state index in [0.717, 1.165) is 12.8 Å². The lowest BCUT2D eigenvalue weighted by Crippen LogP contribution is -2.13. The zero-order chi connectivity index (χ0) is 9.42. The lowest BCUT2D eigenvalue weighted by atomic mass is 10.0. The van der Waals surface area contributed by atoms with Crippen LogP contribution in [0.3, 0.4) is 0 Å². The van der Waals surface area contributed by atoms with Crippen molar-refractivity contribution in [2.24, 2.45) is 11.7 Å². The van der Waals surface area contributed by atoms with Crippen molar-refractivity contribution in [1.29, 1.82) is 0 Å². The molecule has 0 heterocycles. The average Bonchev–Trinajstić information content (AvgIpc) is 2.85. The Labute approximate surface area is 81.7 Å². The van der Waals surface area contributed by atoms with Gasteiger partial charge < -0.3 is 5.73 Å². The molecule has 1 atom stereocenters. The van der Waals surface area contributed by atoms with Gasteiger partial charge >= 0.3 is 0 Å². The largest absolute Gasteiger partial charge is 0.324 e. The lowest BCUT2D eigenvalue weighted by Gasteiger charge is -2.11. The molecule has 0 spiro atoms. The molecule has 0 amide bonds.